The average Bonchev–Trinajstić information content (AvgIpc) is 3.12. The molecule has 0 saturated carbocycles. The van der Waals surface area contributed by atoms with E-state index in [0.717, 1.165) is 18.7 Å². The van der Waals surface area contributed by atoms with Crippen LogP contribution in [0.5, 0.6) is 0 Å². The minimum atomic E-state index is -0.145. The van der Waals surface area contributed by atoms with Gasteiger partial charge in [-0.05, 0) is 31.5 Å². The van der Waals surface area contributed by atoms with Crippen molar-refractivity contribution in [3.63, 3.8) is 0 Å². The zero-order valence-electron chi connectivity index (χ0n) is 12.6. The number of hydrogen-bond acceptors (Lipinski definition) is 5. The third-order valence-corrected chi connectivity index (χ3v) is 4.95. The molecule has 3 aromatic rings. The number of anilines is 1. The van der Waals surface area contributed by atoms with Gasteiger partial charge in [0, 0.05) is 24.6 Å². The molecule has 116 valence electrons. The Morgan fingerprint density at radius 3 is 2.87 bits per heavy atom. The van der Waals surface area contributed by atoms with Crippen molar-refractivity contribution in [1.82, 2.24) is 19.6 Å². The third-order valence-electron chi connectivity index (χ3n) is 3.85. The monoisotopic (exact) mass is 325 g/mol. The van der Waals surface area contributed by atoms with Crippen molar-refractivity contribution in [1.29, 1.82) is 0 Å². The van der Waals surface area contributed by atoms with Gasteiger partial charge < -0.3 is 4.90 Å². The Kier molecular flexibility index (Phi) is 3.49. The number of amides is 1. The lowest BCUT2D eigenvalue weighted by Gasteiger charge is -2.16. The molecule has 1 saturated heterocycles. The van der Waals surface area contributed by atoms with E-state index in [1.165, 1.54) is 17.3 Å². The van der Waals surface area contributed by atoms with Crippen molar-refractivity contribution < 1.29 is 4.79 Å². The number of rotatable bonds is 3. The Hall–Kier alpha value is -2.41. The van der Waals surface area contributed by atoms with Crippen LogP contribution in [0.1, 0.15) is 12.0 Å². The summed E-state index contributed by atoms with van der Waals surface area (Å²) in [6.07, 6.45) is 4.27. The summed E-state index contributed by atoms with van der Waals surface area (Å²) in [5, 5.41) is 4.80. The fourth-order valence-electron chi connectivity index (χ4n) is 2.64. The van der Waals surface area contributed by atoms with Crippen LogP contribution in [-0.4, -0.2) is 37.3 Å². The Morgan fingerprint density at radius 1 is 1.26 bits per heavy atom. The third kappa shape index (κ3) is 2.68. The van der Waals surface area contributed by atoms with Crippen LogP contribution in [0, 0.1) is 6.92 Å². The number of carbonyl (C=O) groups is 1. The highest BCUT2D eigenvalue weighted by atomic mass is 32.2. The van der Waals surface area contributed by atoms with Crippen molar-refractivity contribution in [3.8, 4) is 0 Å². The van der Waals surface area contributed by atoms with Crippen LogP contribution in [0.25, 0.3) is 5.78 Å². The van der Waals surface area contributed by atoms with E-state index in [-0.39, 0.29) is 11.2 Å². The number of aryl methyl sites for hydroxylation is 1. The molecule has 1 aliphatic rings. The van der Waals surface area contributed by atoms with Gasteiger partial charge in [0.15, 0.2) is 0 Å². The normalized spacial score (nSPS) is 18.0. The quantitative estimate of drug-likeness (QED) is 0.739. The smallest absolute Gasteiger partial charge is 0.253 e. The summed E-state index contributed by atoms with van der Waals surface area (Å²) in [5.41, 5.74) is 2.14. The maximum atomic E-state index is 12.6. The molecular formula is C16H15N5OS. The van der Waals surface area contributed by atoms with E-state index in [4.69, 9.17) is 0 Å². The summed E-state index contributed by atoms with van der Waals surface area (Å²) in [7, 11) is 0. The second kappa shape index (κ2) is 5.66. The van der Waals surface area contributed by atoms with Crippen molar-refractivity contribution in [3.05, 3.63) is 48.3 Å². The summed E-state index contributed by atoms with van der Waals surface area (Å²) in [6, 6.07) is 9.84. The van der Waals surface area contributed by atoms with Crippen LogP contribution < -0.4 is 4.90 Å². The second-order valence-corrected chi connectivity index (χ2v) is 6.65. The molecule has 3 heterocycles. The molecule has 1 aromatic carbocycles. The lowest BCUT2D eigenvalue weighted by molar-refractivity contribution is -0.116. The predicted octanol–water partition coefficient (Wildman–Crippen LogP) is 2.33. The highest BCUT2D eigenvalue weighted by molar-refractivity contribution is 8.00. The Morgan fingerprint density at radius 2 is 2.09 bits per heavy atom. The van der Waals surface area contributed by atoms with Crippen molar-refractivity contribution in [2.75, 3.05) is 11.4 Å². The SMILES string of the molecule is Cc1ccc(N2CC[C@H](Sc3nc4ncccn4n3)C2=O)cc1. The van der Waals surface area contributed by atoms with Gasteiger partial charge in [-0.1, -0.05) is 29.5 Å². The van der Waals surface area contributed by atoms with Gasteiger partial charge in [-0.25, -0.2) is 9.50 Å². The number of aromatic nitrogens is 4. The topological polar surface area (TPSA) is 63.4 Å². The van der Waals surface area contributed by atoms with Gasteiger partial charge in [-0.3, -0.25) is 4.79 Å². The van der Waals surface area contributed by atoms with Crippen LogP contribution >= 0.6 is 11.8 Å². The molecule has 0 bridgehead atoms. The molecule has 6 nitrogen and oxygen atoms in total. The summed E-state index contributed by atoms with van der Waals surface area (Å²) in [4.78, 5) is 23.0. The number of thioether (sulfide) groups is 1. The maximum absolute atomic E-state index is 12.6. The Labute approximate surface area is 137 Å². The first-order valence-electron chi connectivity index (χ1n) is 7.43. The molecule has 0 radical (unpaired) electrons. The van der Waals surface area contributed by atoms with E-state index < -0.39 is 0 Å². The number of fused-ring (bicyclic) bond motifs is 1. The fraction of sp³-hybridized carbons (Fsp3) is 0.250. The average molecular weight is 325 g/mol. The van der Waals surface area contributed by atoms with Crippen molar-refractivity contribution >= 4 is 29.1 Å². The van der Waals surface area contributed by atoms with Gasteiger partial charge in [0.1, 0.15) is 0 Å². The van der Waals surface area contributed by atoms with Crippen LogP contribution in [0.15, 0.2) is 47.9 Å². The predicted molar refractivity (Wildman–Crippen MR) is 88.6 cm³/mol. The summed E-state index contributed by atoms with van der Waals surface area (Å²) in [6.45, 7) is 2.77. The Bertz CT molecular complexity index is 827. The van der Waals surface area contributed by atoms with Gasteiger partial charge in [0.05, 0.1) is 5.25 Å². The van der Waals surface area contributed by atoms with Gasteiger partial charge in [0.2, 0.25) is 11.1 Å². The highest BCUT2D eigenvalue weighted by Crippen LogP contribution is 2.31. The van der Waals surface area contributed by atoms with E-state index >= 15 is 0 Å². The Balaban J connectivity index is 1.52. The van der Waals surface area contributed by atoms with Crippen LogP contribution in [0.4, 0.5) is 5.69 Å². The first kappa shape index (κ1) is 14.2. The summed E-state index contributed by atoms with van der Waals surface area (Å²) in [5.74, 6) is 0.668. The zero-order valence-corrected chi connectivity index (χ0v) is 13.4. The largest absolute Gasteiger partial charge is 0.311 e. The minimum absolute atomic E-state index is 0.116. The van der Waals surface area contributed by atoms with E-state index in [9.17, 15) is 4.79 Å². The van der Waals surface area contributed by atoms with Gasteiger partial charge in [0.25, 0.3) is 5.78 Å². The first-order chi connectivity index (χ1) is 11.2. The highest BCUT2D eigenvalue weighted by Gasteiger charge is 2.34. The molecule has 1 fully saturated rings. The molecular weight excluding hydrogens is 310 g/mol. The van der Waals surface area contributed by atoms with Gasteiger partial charge in [-0.15, -0.1) is 5.10 Å². The molecule has 23 heavy (non-hydrogen) atoms. The standard InChI is InChI=1S/C16H15N5OS/c1-11-3-5-12(6-4-11)20-10-7-13(14(20)22)23-16-18-15-17-8-2-9-21(15)19-16/h2-6,8-9,13H,7,10H2,1H3/t13-/m0/s1. The molecule has 1 amide bonds. The number of benzene rings is 1. The molecule has 0 unspecified atom stereocenters. The van der Waals surface area contributed by atoms with Gasteiger partial charge in [-0.2, -0.15) is 4.98 Å². The molecule has 7 heteroatoms. The molecule has 0 aliphatic carbocycles. The first-order valence-corrected chi connectivity index (χ1v) is 8.31. The maximum Gasteiger partial charge on any atom is 0.253 e. The van der Waals surface area contributed by atoms with Gasteiger partial charge >= 0.3 is 0 Å². The number of nitrogens with zero attached hydrogens (tertiary/aromatic N) is 5. The van der Waals surface area contributed by atoms with E-state index in [1.54, 1.807) is 23.0 Å². The summed E-state index contributed by atoms with van der Waals surface area (Å²) < 4.78 is 1.62. The van der Waals surface area contributed by atoms with Crippen LogP contribution in [0.2, 0.25) is 0 Å². The molecule has 4 rings (SSSR count). The minimum Gasteiger partial charge on any atom is -0.311 e. The molecule has 2 aromatic heterocycles. The van der Waals surface area contributed by atoms with E-state index in [0.29, 0.717) is 10.9 Å². The zero-order chi connectivity index (χ0) is 15.8. The van der Waals surface area contributed by atoms with Crippen molar-refractivity contribution in [2.24, 2.45) is 0 Å². The number of carbonyl (C=O) groups excluding carboxylic acids is 1. The molecule has 0 spiro atoms. The molecule has 0 N–H and O–H groups in total. The summed E-state index contributed by atoms with van der Waals surface area (Å²) >= 11 is 1.41. The number of hydrogen-bond donors (Lipinski definition) is 0. The lowest BCUT2D eigenvalue weighted by atomic mass is 10.2. The van der Waals surface area contributed by atoms with Crippen LogP contribution in [0.3, 0.4) is 0 Å². The van der Waals surface area contributed by atoms with Crippen molar-refractivity contribution in [2.45, 2.75) is 23.8 Å². The van der Waals surface area contributed by atoms with Crippen LogP contribution in [-0.2, 0) is 4.79 Å². The second-order valence-electron chi connectivity index (χ2n) is 5.48. The van der Waals surface area contributed by atoms with E-state index in [2.05, 4.69) is 15.1 Å². The van der Waals surface area contributed by atoms with E-state index in [1.807, 2.05) is 36.1 Å². The lowest BCUT2D eigenvalue weighted by Crippen LogP contribution is -2.27. The molecule has 1 atom stereocenters. The molecule has 1 aliphatic heterocycles. The fourth-order valence-corrected chi connectivity index (χ4v) is 3.61.